The van der Waals surface area contributed by atoms with Gasteiger partial charge in [0, 0.05) is 16.1 Å². The van der Waals surface area contributed by atoms with E-state index < -0.39 is 17.9 Å². The molecule has 0 aliphatic heterocycles. The Morgan fingerprint density at radius 1 is 1.42 bits per heavy atom. The zero-order chi connectivity index (χ0) is 14.4. The highest BCUT2D eigenvalue weighted by Crippen LogP contribution is 2.21. The summed E-state index contributed by atoms with van der Waals surface area (Å²) in [6, 6.07) is 3.97. The molecular formula is C13H13Cl2NO3. The van der Waals surface area contributed by atoms with E-state index in [2.05, 4.69) is 5.32 Å². The maximum Gasteiger partial charge on any atom is 0.326 e. The fourth-order valence-corrected chi connectivity index (χ4v) is 1.73. The van der Waals surface area contributed by atoms with Crippen molar-refractivity contribution in [1.29, 1.82) is 0 Å². The predicted molar refractivity (Wildman–Crippen MR) is 75.4 cm³/mol. The Bertz CT molecular complexity index is 515. The molecule has 0 aliphatic carbocycles. The maximum absolute atomic E-state index is 11.5. The van der Waals surface area contributed by atoms with Gasteiger partial charge >= 0.3 is 5.97 Å². The van der Waals surface area contributed by atoms with Crippen LogP contribution in [0.1, 0.15) is 18.9 Å². The van der Waals surface area contributed by atoms with Gasteiger partial charge < -0.3 is 10.4 Å². The molecule has 0 radical (unpaired) electrons. The summed E-state index contributed by atoms with van der Waals surface area (Å²) in [5.41, 5.74) is 0.590. The number of carbonyl (C=O) groups excluding carboxylic acids is 1. The third kappa shape index (κ3) is 4.93. The molecule has 0 saturated heterocycles. The molecule has 1 aromatic rings. The highest BCUT2D eigenvalue weighted by atomic mass is 35.5. The summed E-state index contributed by atoms with van der Waals surface area (Å²) in [4.78, 5) is 22.3. The largest absolute Gasteiger partial charge is 0.480 e. The predicted octanol–water partition coefficient (Wildman–Crippen LogP) is 2.99. The molecule has 0 aromatic heterocycles. The van der Waals surface area contributed by atoms with Gasteiger partial charge in [-0.25, -0.2) is 4.79 Å². The summed E-state index contributed by atoms with van der Waals surface area (Å²) in [6.45, 7) is 1.68. The van der Waals surface area contributed by atoms with Gasteiger partial charge in [0.2, 0.25) is 5.91 Å². The standard InChI is InChI=1S/C13H13Cl2NO3/c1-2-11(13(18)19)16-12(17)6-3-8-7-9(14)4-5-10(8)15/h3-7,11H,2H2,1H3,(H,16,17)(H,18,19)/b6-3+. The number of aliphatic carboxylic acids is 1. The van der Waals surface area contributed by atoms with Gasteiger partial charge in [0.25, 0.3) is 0 Å². The van der Waals surface area contributed by atoms with Crippen LogP contribution in [0.3, 0.4) is 0 Å². The number of hydrogen-bond acceptors (Lipinski definition) is 2. The van der Waals surface area contributed by atoms with Crippen LogP contribution in [0, 0.1) is 0 Å². The SMILES string of the molecule is CCC(NC(=O)/C=C/c1cc(Cl)ccc1Cl)C(=O)O. The van der Waals surface area contributed by atoms with Crippen molar-refractivity contribution in [2.24, 2.45) is 0 Å². The molecule has 1 atom stereocenters. The van der Waals surface area contributed by atoms with E-state index in [1.165, 1.54) is 12.2 Å². The van der Waals surface area contributed by atoms with Crippen LogP contribution < -0.4 is 5.32 Å². The van der Waals surface area contributed by atoms with Gasteiger partial charge in [-0.15, -0.1) is 0 Å². The Morgan fingerprint density at radius 3 is 2.68 bits per heavy atom. The lowest BCUT2D eigenvalue weighted by Gasteiger charge is -2.09. The highest BCUT2D eigenvalue weighted by Gasteiger charge is 2.15. The van der Waals surface area contributed by atoms with E-state index in [0.717, 1.165) is 0 Å². The van der Waals surface area contributed by atoms with Crippen LogP contribution in [0.2, 0.25) is 10.0 Å². The van der Waals surface area contributed by atoms with Crippen LogP contribution in [0.5, 0.6) is 0 Å². The first kappa shape index (κ1) is 15.5. The lowest BCUT2D eigenvalue weighted by Crippen LogP contribution is -2.39. The number of benzene rings is 1. The van der Waals surface area contributed by atoms with E-state index in [1.807, 2.05) is 0 Å². The Hall–Kier alpha value is -1.52. The smallest absolute Gasteiger partial charge is 0.326 e. The molecule has 2 N–H and O–H groups in total. The quantitative estimate of drug-likeness (QED) is 0.822. The van der Waals surface area contributed by atoms with Crippen LogP contribution in [0.15, 0.2) is 24.3 Å². The zero-order valence-electron chi connectivity index (χ0n) is 10.2. The first-order valence-electron chi connectivity index (χ1n) is 5.60. The Morgan fingerprint density at radius 2 is 2.11 bits per heavy atom. The molecule has 0 saturated carbocycles. The molecule has 0 spiro atoms. The number of amides is 1. The normalized spacial score (nSPS) is 12.4. The molecule has 19 heavy (non-hydrogen) atoms. The van der Waals surface area contributed by atoms with Crippen LogP contribution in [0.25, 0.3) is 6.08 Å². The third-order valence-electron chi connectivity index (χ3n) is 2.40. The second kappa shape index (κ2) is 7.16. The van der Waals surface area contributed by atoms with E-state index >= 15 is 0 Å². The van der Waals surface area contributed by atoms with Crippen molar-refractivity contribution in [1.82, 2.24) is 5.32 Å². The number of nitrogens with one attached hydrogen (secondary N) is 1. The second-order valence-electron chi connectivity index (χ2n) is 3.81. The van der Waals surface area contributed by atoms with Crippen molar-refractivity contribution >= 4 is 41.2 Å². The summed E-state index contributed by atoms with van der Waals surface area (Å²) in [5, 5.41) is 12.1. The van der Waals surface area contributed by atoms with Crippen molar-refractivity contribution in [3.05, 3.63) is 39.9 Å². The summed E-state index contributed by atoms with van der Waals surface area (Å²) >= 11 is 11.7. The second-order valence-corrected chi connectivity index (χ2v) is 4.65. The van der Waals surface area contributed by atoms with Gasteiger partial charge in [0.15, 0.2) is 0 Å². The first-order chi connectivity index (χ1) is 8.93. The average molecular weight is 302 g/mol. The van der Waals surface area contributed by atoms with E-state index in [1.54, 1.807) is 25.1 Å². The number of rotatable bonds is 5. The van der Waals surface area contributed by atoms with Gasteiger partial charge in [0.1, 0.15) is 6.04 Å². The van der Waals surface area contributed by atoms with Crippen molar-refractivity contribution < 1.29 is 14.7 Å². The van der Waals surface area contributed by atoms with E-state index in [4.69, 9.17) is 28.3 Å². The van der Waals surface area contributed by atoms with Crippen LogP contribution in [-0.4, -0.2) is 23.0 Å². The number of carbonyl (C=O) groups is 2. The number of carboxylic acids is 1. The summed E-state index contributed by atoms with van der Waals surface area (Å²) in [5.74, 6) is -1.56. The molecule has 6 heteroatoms. The van der Waals surface area contributed by atoms with E-state index in [0.29, 0.717) is 22.0 Å². The molecule has 1 unspecified atom stereocenters. The summed E-state index contributed by atoms with van der Waals surface area (Å²) in [6.07, 6.45) is 3.02. The van der Waals surface area contributed by atoms with E-state index in [-0.39, 0.29) is 0 Å². The fourth-order valence-electron chi connectivity index (χ4n) is 1.37. The number of hydrogen-bond donors (Lipinski definition) is 2. The lowest BCUT2D eigenvalue weighted by atomic mass is 10.2. The Balaban J connectivity index is 2.73. The molecule has 0 fully saturated rings. The Labute approximate surface area is 121 Å². The van der Waals surface area contributed by atoms with Gasteiger partial charge in [-0.2, -0.15) is 0 Å². The van der Waals surface area contributed by atoms with Crippen molar-refractivity contribution in [3.63, 3.8) is 0 Å². The molecule has 1 amide bonds. The molecule has 0 bridgehead atoms. The first-order valence-corrected chi connectivity index (χ1v) is 6.36. The van der Waals surface area contributed by atoms with Gasteiger partial charge in [0.05, 0.1) is 0 Å². The molecule has 102 valence electrons. The van der Waals surface area contributed by atoms with Crippen molar-refractivity contribution in [2.45, 2.75) is 19.4 Å². The number of carboxylic acid groups (broad SMARTS) is 1. The fraction of sp³-hybridized carbons (Fsp3) is 0.231. The lowest BCUT2D eigenvalue weighted by molar-refractivity contribution is -0.141. The maximum atomic E-state index is 11.5. The molecule has 4 nitrogen and oxygen atoms in total. The topological polar surface area (TPSA) is 66.4 Å². The minimum Gasteiger partial charge on any atom is -0.480 e. The minimum atomic E-state index is -1.06. The van der Waals surface area contributed by atoms with Gasteiger partial charge in [-0.3, -0.25) is 4.79 Å². The average Bonchev–Trinajstić information content (AvgIpc) is 2.36. The summed E-state index contributed by atoms with van der Waals surface area (Å²) < 4.78 is 0. The monoisotopic (exact) mass is 301 g/mol. The third-order valence-corrected chi connectivity index (χ3v) is 2.97. The van der Waals surface area contributed by atoms with Crippen LogP contribution >= 0.6 is 23.2 Å². The molecule has 0 aliphatic rings. The molecular weight excluding hydrogens is 289 g/mol. The summed E-state index contributed by atoms with van der Waals surface area (Å²) in [7, 11) is 0. The number of halogens is 2. The van der Waals surface area contributed by atoms with Gasteiger partial charge in [-0.05, 0) is 36.3 Å². The molecule has 1 aromatic carbocycles. The van der Waals surface area contributed by atoms with Crippen molar-refractivity contribution in [2.75, 3.05) is 0 Å². The van der Waals surface area contributed by atoms with E-state index in [9.17, 15) is 9.59 Å². The Kier molecular flexibility index (Phi) is 5.86. The van der Waals surface area contributed by atoms with Crippen LogP contribution in [0.4, 0.5) is 0 Å². The molecule has 1 rings (SSSR count). The van der Waals surface area contributed by atoms with Gasteiger partial charge in [-0.1, -0.05) is 30.1 Å². The minimum absolute atomic E-state index is 0.312. The molecule has 0 heterocycles. The van der Waals surface area contributed by atoms with Crippen molar-refractivity contribution in [3.8, 4) is 0 Å². The highest BCUT2D eigenvalue weighted by molar-refractivity contribution is 6.34. The zero-order valence-corrected chi connectivity index (χ0v) is 11.7. The van der Waals surface area contributed by atoms with Crippen LogP contribution in [-0.2, 0) is 9.59 Å².